The zero-order valence-electron chi connectivity index (χ0n) is 9.11. The number of rotatable bonds is 3. The topological polar surface area (TPSA) is 35.2 Å². The fourth-order valence-electron chi connectivity index (χ4n) is 1.60. The van der Waals surface area contributed by atoms with Crippen molar-refractivity contribution < 1.29 is 9.13 Å². The van der Waals surface area contributed by atoms with Crippen molar-refractivity contribution in [1.29, 1.82) is 0 Å². The van der Waals surface area contributed by atoms with E-state index in [1.54, 1.807) is 12.1 Å². The van der Waals surface area contributed by atoms with E-state index in [0.29, 0.717) is 15.6 Å². The maximum absolute atomic E-state index is 13.2. The summed E-state index contributed by atoms with van der Waals surface area (Å²) < 4.78 is 19.1. The van der Waals surface area contributed by atoms with Gasteiger partial charge in [0.2, 0.25) is 0 Å². The van der Waals surface area contributed by atoms with E-state index in [-0.39, 0.29) is 5.82 Å². The molecule has 2 nitrogen and oxygen atoms in total. The second kappa shape index (κ2) is 5.04. The van der Waals surface area contributed by atoms with Crippen LogP contribution in [0.25, 0.3) is 0 Å². The minimum Gasteiger partial charge on any atom is -0.496 e. The van der Waals surface area contributed by atoms with Crippen molar-refractivity contribution in [3.63, 3.8) is 0 Å². The molecule has 0 bridgehead atoms. The predicted octanol–water partition coefficient (Wildman–Crippen LogP) is 3.60. The highest BCUT2D eigenvalue weighted by Gasteiger charge is 2.16. The summed E-state index contributed by atoms with van der Waals surface area (Å²) in [4.78, 5) is 0.874. The van der Waals surface area contributed by atoms with Gasteiger partial charge in [-0.25, -0.2) is 4.39 Å². The van der Waals surface area contributed by atoms with Crippen LogP contribution in [0.5, 0.6) is 5.75 Å². The highest BCUT2D eigenvalue weighted by molar-refractivity contribution is 7.16. The van der Waals surface area contributed by atoms with Crippen LogP contribution in [-0.2, 0) is 0 Å². The molecule has 0 aliphatic rings. The molecular weight excluding hydrogens is 261 g/mol. The quantitative estimate of drug-likeness (QED) is 0.926. The second-order valence-corrected chi connectivity index (χ2v) is 5.25. The van der Waals surface area contributed by atoms with Crippen molar-refractivity contribution in [2.75, 3.05) is 7.11 Å². The van der Waals surface area contributed by atoms with Crippen LogP contribution in [0.15, 0.2) is 30.3 Å². The third-order valence-corrected chi connectivity index (χ3v) is 3.74. The van der Waals surface area contributed by atoms with Gasteiger partial charge in [-0.1, -0.05) is 11.6 Å². The van der Waals surface area contributed by atoms with Crippen LogP contribution in [0, 0.1) is 5.82 Å². The summed E-state index contributed by atoms with van der Waals surface area (Å²) in [6.45, 7) is 0. The molecular formula is C12H11ClFNOS. The summed E-state index contributed by atoms with van der Waals surface area (Å²) in [7, 11) is 1.53. The first kappa shape index (κ1) is 12.4. The molecule has 5 heteroatoms. The van der Waals surface area contributed by atoms with Crippen molar-refractivity contribution in [2.45, 2.75) is 6.04 Å². The van der Waals surface area contributed by atoms with Crippen LogP contribution in [-0.4, -0.2) is 7.11 Å². The zero-order valence-corrected chi connectivity index (χ0v) is 10.7. The maximum Gasteiger partial charge on any atom is 0.124 e. The van der Waals surface area contributed by atoms with E-state index in [1.165, 1.54) is 30.6 Å². The molecule has 1 aromatic heterocycles. The molecule has 90 valence electrons. The largest absolute Gasteiger partial charge is 0.496 e. The standard InChI is InChI=1S/C12H11ClFNOS/c1-16-9-3-2-7(14)6-8(9)12(15)10-4-5-11(13)17-10/h2-6,12H,15H2,1H3. The zero-order chi connectivity index (χ0) is 12.4. The van der Waals surface area contributed by atoms with Gasteiger partial charge in [-0.05, 0) is 30.3 Å². The molecule has 0 aliphatic carbocycles. The van der Waals surface area contributed by atoms with Crippen LogP contribution >= 0.6 is 22.9 Å². The van der Waals surface area contributed by atoms with E-state index >= 15 is 0 Å². The van der Waals surface area contributed by atoms with Crippen molar-refractivity contribution >= 4 is 22.9 Å². The van der Waals surface area contributed by atoms with Gasteiger partial charge in [-0.3, -0.25) is 0 Å². The molecule has 1 unspecified atom stereocenters. The Labute approximate surface area is 108 Å². The molecule has 2 aromatic rings. The number of nitrogens with two attached hydrogens (primary N) is 1. The normalized spacial score (nSPS) is 12.5. The van der Waals surface area contributed by atoms with Gasteiger partial charge in [0.1, 0.15) is 11.6 Å². The molecule has 1 heterocycles. The van der Waals surface area contributed by atoms with E-state index in [9.17, 15) is 4.39 Å². The number of hydrogen-bond donors (Lipinski definition) is 1. The summed E-state index contributed by atoms with van der Waals surface area (Å²) >= 11 is 7.23. The van der Waals surface area contributed by atoms with Crippen LogP contribution in [0.1, 0.15) is 16.5 Å². The molecule has 0 spiro atoms. The van der Waals surface area contributed by atoms with Gasteiger partial charge in [-0.15, -0.1) is 11.3 Å². The molecule has 0 radical (unpaired) electrons. The number of hydrogen-bond acceptors (Lipinski definition) is 3. The first-order chi connectivity index (χ1) is 8.11. The summed E-state index contributed by atoms with van der Waals surface area (Å²) in [5.41, 5.74) is 6.70. The Morgan fingerprint density at radius 2 is 2.12 bits per heavy atom. The Bertz CT molecular complexity index is 529. The Hall–Kier alpha value is -1.10. The molecule has 0 fully saturated rings. The summed E-state index contributed by atoms with van der Waals surface area (Å²) in [6.07, 6.45) is 0. The maximum atomic E-state index is 13.2. The Morgan fingerprint density at radius 3 is 2.71 bits per heavy atom. The lowest BCUT2D eigenvalue weighted by Gasteiger charge is -2.14. The van der Waals surface area contributed by atoms with Crippen LogP contribution in [0.4, 0.5) is 4.39 Å². The van der Waals surface area contributed by atoms with Gasteiger partial charge in [-0.2, -0.15) is 0 Å². The lowest BCUT2D eigenvalue weighted by Crippen LogP contribution is -2.11. The molecule has 17 heavy (non-hydrogen) atoms. The summed E-state index contributed by atoms with van der Waals surface area (Å²) in [5.74, 6) is 0.238. The third kappa shape index (κ3) is 2.60. The lowest BCUT2D eigenvalue weighted by atomic mass is 10.0. The summed E-state index contributed by atoms with van der Waals surface area (Å²) in [5, 5.41) is 0. The van der Waals surface area contributed by atoms with E-state index < -0.39 is 6.04 Å². The van der Waals surface area contributed by atoms with Gasteiger partial charge in [0.05, 0.1) is 17.5 Å². The van der Waals surface area contributed by atoms with Gasteiger partial charge < -0.3 is 10.5 Å². The third-order valence-electron chi connectivity index (χ3n) is 2.43. The molecule has 1 atom stereocenters. The molecule has 2 N–H and O–H groups in total. The minimum atomic E-state index is -0.432. The van der Waals surface area contributed by atoms with Crippen molar-refractivity contribution in [3.8, 4) is 5.75 Å². The average molecular weight is 272 g/mol. The number of halogens is 2. The fraction of sp³-hybridized carbons (Fsp3) is 0.167. The predicted molar refractivity (Wildman–Crippen MR) is 68.3 cm³/mol. The van der Waals surface area contributed by atoms with Crippen LogP contribution in [0.3, 0.4) is 0 Å². The fourth-order valence-corrected chi connectivity index (χ4v) is 2.68. The van der Waals surface area contributed by atoms with Crippen LogP contribution < -0.4 is 10.5 Å². The molecule has 0 amide bonds. The highest BCUT2D eigenvalue weighted by Crippen LogP contribution is 2.33. The molecule has 2 rings (SSSR count). The molecule has 0 saturated carbocycles. The van der Waals surface area contributed by atoms with Crippen LogP contribution in [0.2, 0.25) is 4.34 Å². The smallest absolute Gasteiger partial charge is 0.124 e. The number of methoxy groups -OCH3 is 1. The lowest BCUT2D eigenvalue weighted by molar-refractivity contribution is 0.406. The average Bonchev–Trinajstić information content (AvgIpc) is 2.75. The SMILES string of the molecule is COc1ccc(F)cc1C(N)c1ccc(Cl)s1. The van der Waals surface area contributed by atoms with E-state index in [2.05, 4.69) is 0 Å². The van der Waals surface area contributed by atoms with Crippen molar-refractivity contribution in [2.24, 2.45) is 5.73 Å². The van der Waals surface area contributed by atoms with E-state index in [1.807, 2.05) is 6.07 Å². The van der Waals surface area contributed by atoms with E-state index in [0.717, 1.165) is 4.88 Å². The molecule has 0 aliphatic heterocycles. The van der Waals surface area contributed by atoms with Gasteiger partial charge in [0, 0.05) is 10.4 Å². The monoisotopic (exact) mass is 271 g/mol. The number of thiophene rings is 1. The first-order valence-electron chi connectivity index (χ1n) is 4.96. The highest BCUT2D eigenvalue weighted by atomic mass is 35.5. The van der Waals surface area contributed by atoms with Crippen molar-refractivity contribution in [1.82, 2.24) is 0 Å². The van der Waals surface area contributed by atoms with Gasteiger partial charge in [0.25, 0.3) is 0 Å². The second-order valence-electron chi connectivity index (χ2n) is 3.51. The number of ether oxygens (including phenoxy) is 1. The van der Waals surface area contributed by atoms with E-state index in [4.69, 9.17) is 22.1 Å². The summed E-state index contributed by atoms with van der Waals surface area (Å²) in [6, 6.07) is 7.47. The van der Waals surface area contributed by atoms with Gasteiger partial charge >= 0.3 is 0 Å². The number of benzene rings is 1. The minimum absolute atomic E-state index is 0.334. The molecule has 1 aromatic carbocycles. The Kier molecular flexibility index (Phi) is 3.66. The first-order valence-corrected chi connectivity index (χ1v) is 6.15. The van der Waals surface area contributed by atoms with Crippen molar-refractivity contribution in [3.05, 3.63) is 50.9 Å². The molecule has 0 saturated heterocycles. The Morgan fingerprint density at radius 1 is 1.35 bits per heavy atom. The van der Waals surface area contributed by atoms with Gasteiger partial charge in [0.15, 0.2) is 0 Å². The Balaban J connectivity index is 2.42.